The minimum Gasteiger partial charge on any atom is -0.436 e. The van der Waals surface area contributed by atoms with E-state index in [1.807, 2.05) is 0 Å². The van der Waals surface area contributed by atoms with Crippen LogP contribution in [0.5, 0.6) is 0 Å². The molecule has 0 amide bonds. The van der Waals surface area contributed by atoms with E-state index in [1.165, 1.54) is 13.4 Å². The molecule has 0 aromatic rings. The number of hydroxylamine groups is 1. The average Bonchev–Trinajstić information content (AvgIpc) is 2.62. The van der Waals surface area contributed by atoms with E-state index in [9.17, 15) is 4.79 Å². The fraction of sp³-hybridized carbons (Fsp3) is 0.286. The number of carbonyl (C=O) groups excluding carboxylic acids is 1. The number of ether oxygens (including phenoxy) is 1. The molecule has 0 saturated heterocycles. The quantitative estimate of drug-likeness (QED) is 0.557. The molecule has 2 aliphatic heterocycles. The minimum atomic E-state index is -0.825. The van der Waals surface area contributed by atoms with Gasteiger partial charge in [0.15, 0.2) is 0 Å². The van der Waals surface area contributed by atoms with Gasteiger partial charge in [0.1, 0.15) is 6.34 Å². The number of nitrogens with zero attached hydrogens (tertiary/aromatic N) is 4. The van der Waals surface area contributed by atoms with E-state index in [0.29, 0.717) is 0 Å². The van der Waals surface area contributed by atoms with E-state index < -0.39 is 12.4 Å². The Morgan fingerprint density at radius 2 is 2.43 bits per heavy atom. The first-order valence-corrected chi connectivity index (χ1v) is 3.88. The van der Waals surface area contributed by atoms with Crippen molar-refractivity contribution in [2.24, 2.45) is 10.1 Å². The van der Waals surface area contributed by atoms with Crippen molar-refractivity contribution in [2.45, 2.75) is 6.29 Å². The maximum atomic E-state index is 10.8. The van der Waals surface area contributed by atoms with Crippen LogP contribution in [-0.4, -0.2) is 42.2 Å². The predicted molar refractivity (Wildman–Crippen MR) is 47.1 cm³/mol. The van der Waals surface area contributed by atoms with Gasteiger partial charge in [0.05, 0.1) is 7.11 Å². The third-order valence-corrected chi connectivity index (χ3v) is 1.66. The summed E-state index contributed by atoms with van der Waals surface area (Å²) in [6.45, 7) is 0. The number of aliphatic imine (C=N–C) groups is 1. The van der Waals surface area contributed by atoms with Crippen LogP contribution in [-0.2, 0) is 9.57 Å². The Balaban J connectivity index is 2.02. The van der Waals surface area contributed by atoms with Crippen molar-refractivity contribution in [3.63, 3.8) is 0 Å². The third-order valence-electron chi connectivity index (χ3n) is 1.66. The summed E-state index contributed by atoms with van der Waals surface area (Å²) >= 11 is 0. The predicted octanol–water partition coefficient (Wildman–Crippen LogP) is 0.127. The van der Waals surface area contributed by atoms with Crippen LogP contribution >= 0.6 is 0 Å². The Labute approximate surface area is 79.9 Å². The molecule has 74 valence electrons. The largest absolute Gasteiger partial charge is 0.534 e. The van der Waals surface area contributed by atoms with Crippen molar-refractivity contribution in [1.29, 1.82) is 0 Å². The van der Waals surface area contributed by atoms with Crippen LogP contribution in [0.15, 0.2) is 22.4 Å². The maximum Gasteiger partial charge on any atom is 0.534 e. The van der Waals surface area contributed by atoms with Crippen LogP contribution in [0.25, 0.3) is 0 Å². The molecule has 0 fully saturated rings. The highest BCUT2D eigenvalue weighted by molar-refractivity contribution is 5.74. The van der Waals surface area contributed by atoms with Gasteiger partial charge >= 0.3 is 6.16 Å². The van der Waals surface area contributed by atoms with Crippen molar-refractivity contribution in [3.8, 4) is 0 Å². The van der Waals surface area contributed by atoms with Gasteiger partial charge in [-0.25, -0.2) is 9.79 Å². The monoisotopic (exact) mass is 196 g/mol. The highest BCUT2D eigenvalue weighted by atomic mass is 16.8. The number of methoxy groups -OCH3 is 1. The number of hydrogen-bond acceptors (Lipinski definition) is 7. The van der Waals surface area contributed by atoms with Crippen LogP contribution < -0.4 is 0 Å². The van der Waals surface area contributed by atoms with E-state index in [-0.39, 0.29) is 0 Å². The lowest BCUT2D eigenvalue weighted by molar-refractivity contribution is -0.156. The molecule has 2 aliphatic rings. The third kappa shape index (κ3) is 1.39. The summed E-state index contributed by atoms with van der Waals surface area (Å²) in [5, 5.41) is 4.88. The number of hydrogen-bond donors (Lipinski definition) is 0. The number of rotatable bonds is 1. The highest BCUT2D eigenvalue weighted by Crippen LogP contribution is 2.16. The molecule has 2 rings (SSSR count). The molecule has 7 nitrogen and oxygen atoms in total. The van der Waals surface area contributed by atoms with Crippen molar-refractivity contribution in [2.75, 3.05) is 7.11 Å². The standard InChI is InChI=1S/C7H8N4O3/c1-13-7(12)14-11-6-8-3-2-4-10(6)5-9-11/h2-6H,1H3. The van der Waals surface area contributed by atoms with Gasteiger partial charge in [0.2, 0.25) is 0 Å². The van der Waals surface area contributed by atoms with Crippen LogP contribution in [0.3, 0.4) is 0 Å². The summed E-state index contributed by atoms with van der Waals surface area (Å²) in [4.78, 5) is 21.2. The van der Waals surface area contributed by atoms with Crippen LogP contribution in [0, 0.1) is 0 Å². The minimum absolute atomic E-state index is 0.459. The average molecular weight is 196 g/mol. The molecular weight excluding hydrogens is 188 g/mol. The second-order valence-corrected chi connectivity index (χ2v) is 2.51. The Morgan fingerprint density at radius 3 is 3.21 bits per heavy atom. The Hall–Kier alpha value is -2.05. The molecule has 14 heavy (non-hydrogen) atoms. The smallest absolute Gasteiger partial charge is 0.436 e. The van der Waals surface area contributed by atoms with Gasteiger partial charge in [0, 0.05) is 12.4 Å². The number of carbonyl (C=O) groups is 1. The SMILES string of the molecule is COC(=O)ON1N=CN2C=CC=NC21. The maximum absolute atomic E-state index is 10.8. The molecule has 2 heterocycles. The van der Waals surface area contributed by atoms with Gasteiger partial charge in [-0.15, -0.1) is 5.10 Å². The van der Waals surface area contributed by atoms with E-state index in [1.54, 1.807) is 23.4 Å². The first kappa shape index (κ1) is 8.54. The lowest BCUT2D eigenvalue weighted by atomic mass is 10.5. The summed E-state index contributed by atoms with van der Waals surface area (Å²) in [5.74, 6) is 0. The number of allylic oxidation sites excluding steroid dienone is 1. The highest BCUT2D eigenvalue weighted by Gasteiger charge is 2.30. The van der Waals surface area contributed by atoms with Gasteiger partial charge in [-0.05, 0) is 6.08 Å². The van der Waals surface area contributed by atoms with Gasteiger partial charge in [-0.1, -0.05) is 5.17 Å². The van der Waals surface area contributed by atoms with E-state index >= 15 is 0 Å². The zero-order valence-corrected chi connectivity index (χ0v) is 7.40. The molecule has 0 spiro atoms. The summed E-state index contributed by atoms with van der Waals surface area (Å²) in [5.41, 5.74) is 0. The molecule has 0 aromatic heterocycles. The lowest BCUT2D eigenvalue weighted by Crippen LogP contribution is -2.37. The normalized spacial score (nSPS) is 22.5. The Kier molecular flexibility index (Phi) is 2.05. The molecule has 0 N–H and O–H groups in total. The summed E-state index contributed by atoms with van der Waals surface area (Å²) < 4.78 is 4.33. The Bertz CT molecular complexity index is 325. The molecule has 0 aromatic carbocycles. The molecule has 0 saturated carbocycles. The second kappa shape index (κ2) is 3.36. The van der Waals surface area contributed by atoms with Crippen molar-refractivity contribution in [1.82, 2.24) is 10.1 Å². The van der Waals surface area contributed by atoms with E-state index in [4.69, 9.17) is 4.84 Å². The van der Waals surface area contributed by atoms with Crippen molar-refractivity contribution in [3.05, 3.63) is 12.3 Å². The summed E-state index contributed by atoms with van der Waals surface area (Å²) in [7, 11) is 1.23. The zero-order valence-electron chi connectivity index (χ0n) is 7.40. The van der Waals surface area contributed by atoms with Crippen molar-refractivity contribution >= 4 is 18.7 Å². The van der Waals surface area contributed by atoms with Gasteiger partial charge < -0.3 is 4.74 Å². The van der Waals surface area contributed by atoms with Crippen LogP contribution in [0.4, 0.5) is 4.79 Å². The topological polar surface area (TPSA) is 66.7 Å². The molecule has 1 atom stereocenters. The number of hydrazone groups is 1. The first-order chi connectivity index (χ1) is 6.81. The first-order valence-electron chi connectivity index (χ1n) is 3.88. The summed E-state index contributed by atoms with van der Waals surface area (Å²) in [6.07, 6.45) is 5.34. The fourth-order valence-electron chi connectivity index (χ4n) is 1.04. The van der Waals surface area contributed by atoms with Crippen LogP contribution in [0.2, 0.25) is 0 Å². The van der Waals surface area contributed by atoms with Crippen molar-refractivity contribution < 1.29 is 14.4 Å². The Morgan fingerprint density at radius 1 is 1.57 bits per heavy atom. The molecular formula is C7H8N4O3. The molecule has 0 aliphatic carbocycles. The molecule has 7 heteroatoms. The lowest BCUT2D eigenvalue weighted by Gasteiger charge is -2.23. The zero-order chi connectivity index (χ0) is 9.97. The van der Waals surface area contributed by atoms with E-state index in [2.05, 4.69) is 14.8 Å². The molecule has 0 bridgehead atoms. The molecule has 1 unspecified atom stereocenters. The van der Waals surface area contributed by atoms with Crippen LogP contribution in [0.1, 0.15) is 0 Å². The summed E-state index contributed by atoms with van der Waals surface area (Å²) in [6, 6.07) is 0. The number of fused-ring (bicyclic) bond motifs is 1. The molecule has 0 radical (unpaired) electrons. The second-order valence-electron chi connectivity index (χ2n) is 2.51. The van der Waals surface area contributed by atoms with Gasteiger partial charge in [-0.2, -0.15) is 0 Å². The van der Waals surface area contributed by atoms with Gasteiger partial charge in [0.25, 0.3) is 6.29 Å². The fourth-order valence-corrected chi connectivity index (χ4v) is 1.04. The van der Waals surface area contributed by atoms with E-state index in [0.717, 1.165) is 5.17 Å². The van der Waals surface area contributed by atoms with Gasteiger partial charge in [-0.3, -0.25) is 9.74 Å².